The zero-order valence-electron chi connectivity index (χ0n) is 35.4. The largest absolute Gasteiger partial charge is 0.208 e. The number of fused-ring (bicyclic) bond motifs is 3. The molecule has 0 N–H and O–H groups in total. The minimum absolute atomic E-state index is 0.0382. The Labute approximate surface area is 351 Å². The molecule has 0 saturated heterocycles. The number of benzene rings is 7. The van der Waals surface area contributed by atoms with E-state index in [1.807, 2.05) is 0 Å². The van der Waals surface area contributed by atoms with E-state index < -0.39 is 8.07 Å². The maximum Gasteiger partial charge on any atom is 0.164 e. The molecule has 0 fully saturated rings. The van der Waals surface area contributed by atoms with Crippen molar-refractivity contribution in [2.45, 2.75) is 65.1 Å². The average molecular weight is 782 g/mol. The van der Waals surface area contributed by atoms with Crippen molar-refractivity contribution in [1.29, 1.82) is 0 Å². The van der Waals surface area contributed by atoms with Crippen LogP contribution in [0.5, 0.6) is 0 Å². The Hall–Kier alpha value is -6.23. The highest BCUT2D eigenvalue weighted by atomic mass is 28.3. The molecule has 0 radical (unpaired) electrons. The van der Waals surface area contributed by atoms with Crippen LogP contribution in [-0.2, 0) is 10.8 Å². The topological polar surface area (TPSA) is 38.7 Å². The molecule has 0 aliphatic heterocycles. The van der Waals surface area contributed by atoms with E-state index in [0.717, 1.165) is 27.8 Å². The maximum absolute atomic E-state index is 5.12. The summed E-state index contributed by atoms with van der Waals surface area (Å²) in [5, 5.41) is 1.41. The molecule has 4 heteroatoms. The van der Waals surface area contributed by atoms with E-state index >= 15 is 0 Å². The van der Waals surface area contributed by atoms with Crippen LogP contribution in [0.25, 0.3) is 78.7 Å². The third kappa shape index (κ3) is 7.38. The Morgan fingerprint density at radius 3 is 1.31 bits per heavy atom. The Balaban J connectivity index is 1.06. The van der Waals surface area contributed by atoms with Gasteiger partial charge in [-0.15, -0.1) is 0 Å². The highest BCUT2D eigenvalue weighted by Gasteiger charge is 2.35. The van der Waals surface area contributed by atoms with Crippen molar-refractivity contribution >= 4 is 13.3 Å². The molecule has 1 heterocycles. The fourth-order valence-corrected chi connectivity index (χ4v) is 9.65. The number of aromatic nitrogens is 3. The Kier molecular flexibility index (Phi) is 9.44. The smallest absolute Gasteiger partial charge is 0.164 e. The third-order valence-corrected chi connectivity index (χ3v) is 14.1. The van der Waals surface area contributed by atoms with Crippen LogP contribution in [0, 0.1) is 0 Å². The Morgan fingerprint density at radius 1 is 0.390 bits per heavy atom. The monoisotopic (exact) mass is 781 g/mol. The molecule has 7 aromatic carbocycles. The van der Waals surface area contributed by atoms with Gasteiger partial charge in [0.1, 0.15) is 0 Å². The normalized spacial score (nSPS) is 13.2. The predicted molar refractivity (Wildman–Crippen MR) is 252 cm³/mol. The van der Waals surface area contributed by atoms with Gasteiger partial charge < -0.3 is 0 Å². The van der Waals surface area contributed by atoms with Gasteiger partial charge in [0.25, 0.3) is 0 Å². The lowest BCUT2D eigenvalue weighted by Gasteiger charge is -2.22. The summed E-state index contributed by atoms with van der Waals surface area (Å²) < 4.78 is 0. The second-order valence-corrected chi connectivity index (χ2v) is 23.7. The molecule has 9 rings (SSSR count). The first kappa shape index (κ1) is 38.3. The Bertz CT molecular complexity index is 2780. The molecule has 59 heavy (non-hydrogen) atoms. The van der Waals surface area contributed by atoms with Gasteiger partial charge in [-0.25, -0.2) is 15.0 Å². The van der Waals surface area contributed by atoms with E-state index in [1.165, 1.54) is 55.3 Å². The van der Waals surface area contributed by atoms with E-state index in [9.17, 15) is 0 Å². The molecule has 0 amide bonds. The summed E-state index contributed by atoms with van der Waals surface area (Å²) in [6, 6.07) is 59.7. The van der Waals surface area contributed by atoms with Crippen molar-refractivity contribution in [1.82, 2.24) is 15.0 Å². The van der Waals surface area contributed by atoms with Gasteiger partial charge in [-0.3, -0.25) is 0 Å². The van der Waals surface area contributed by atoms with E-state index in [1.54, 1.807) is 0 Å². The minimum Gasteiger partial charge on any atom is -0.208 e. The summed E-state index contributed by atoms with van der Waals surface area (Å²) in [4.78, 5) is 15.3. The van der Waals surface area contributed by atoms with Crippen LogP contribution in [0.15, 0.2) is 164 Å². The molecular formula is C55H51N3Si. The fourth-order valence-electron chi connectivity index (χ4n) is 8.48. The van der Waals surface area contributed by atoms with Crippen molar-refractivity contribution in [2.24, 2.45) is 0 Å². The van der Waals surface area contributed by atoms with Gasteiger partial charge in [-0.2, -0.15) is 0 Å². The summed E-state index contributed by atoms with van der Waals surface area (Å²) >= 11 is 0. The van der Waals surface area contributed by atoms with Gasteiger partial charge >= 0.3 is 0 Å². The van der Waals surface area contributed by atoms with E-state index in [-0.39, 0.29) is 10.8 Å². The molecule has 0 spiro atoms. The molecule has 1 aliphatic carbocycles. The van der Waals surface area contributed by atoms with Gasteiger partial charge in [-0.1, -0.05) is 199 Å². The quantitative estimate of drug-likeness (QED) is 0.151. The van der Waals surface area contributed by atoms with Gasteiger partial charge in [0, 0.05) is 22.1 Å². The molecule has 8 aromatic rings. The summed E-state index contributed by atoms with van der Waals surface area (Å²) in [5.74, 6) is 2.00. The third-order valence-electron chi connectivity index (χ3n) is 12.1. The number of nitrogens with zero attached hydrogens (tertiary/aromatic N) is 3. The lowest BCUT2D eigenvalue weighted by atomic mass is 9.81. The van der Waals surface area contributed by atoms with Crippen LogP contribution in [0.1, 0.15) is 51.3 Å². The molecule has 0 bridgehead atoms. The van der Waals surface area contributed by atoms with Gasteiger partial charge in [0.15, 0.2) is 17.5 Å². The highest BCUT2D eigenvalue weighted by Crippen LogP contribution is 2.49. The van der Waals surface area contributed by atoms with Crippen LogP contribution in [0.4, 0.5) is 0 Å². The summed E-state index contributed by atoms with van der Waals surface area (Å²) in [6.07, 6.45) is 0. The zero-order chi connectivity index (χ0) is 41.1. The first-order valence-electron chi connectivity index (χ1n) is 20.8. The van der Waals surface area contributed by atoms with Crippen LogP contribution in [-0.4, -0.2) is 23.0 Å². The molecular weight excluding hydrogens is 731 g/mol. The second kappa shape index (κ2) is 14.5. The minimum atomic E-state index is -1.46. The SMILES string of the molecule is CC(C)(C)c1ccc(-c2nc(-c3ccc([Si](C)(C)C)cc3)nc(-c3cccc(-c4cccc(-c5cccc(-c6ccc7c(c6)C(C)(C)c6ccccc6-7)c5)c4)c3)n2)cc1. The lowest BCUT2D eigenvalue weighted by molar-refractivity contribution is 0.590. The number of rotatable bonds is 7. The second-order valence-electron chi connectivity index (χ2n) is 18.6. The van der Waals surface area contributed by atoms with E-state index in [0.29, 0.717) is 17.5 Å². The molecule has 3 nitrogen and oxygen atoms in total. The number of hydrogen-bond donors (Lipinski definition) is 0. The fraction of sp³-hybridized carbons (Fsp3) is 0.182. The van der Waals surface area contributed by atoms with Gasteiger partial charge in [0.2, 0.25) is 0 Å². The van der Waals surface area contributed by atoms with Crippen molar-refractivity contribution in [3.05, 3.63) is 180 Å². The van der Waals surface area contributed by atoms with E-state index in [4.69, 9.17) is 15.0 Å². The van der Waals surface area contributed by atoms with Gasteiger partial charge in [-0.05, 0) is 90.9 Å². The molecule has 0 unspecified atom stereocenters. The van der Waals surface area contributed by atoms with Crippen molar-refractivity contribution in [2.75, 3.05) is 0 Å². The average Bonchev–Trinajstić information content (AvgIpc) is 3.48. The first-order chi connectivity index (χ1) is 28.2. The summed E-state index contributed by atoms with van der Waals surface area (Å²) in [5.41, 5.74) is 16.8. The summed E-state index contributed by atoms with van der Waals surface area (Å²) in [7, 11) is -1.46. The predicted octanol–water partition coefficient (Wildman–Crippen LogP) is 14.0. The van der Waals surface area contributed by atoms with Crippen molar-refractivity contribution < 1.29 is 0 Å². The van der Waals surface area contributed by atoms with Crippen LogP contribution < -0.4 is 5.19 Å². The summed E-state index contributed by atoms with van der Waals surface area (Å²) in [6.45, 7) is 18.5. The highest BCUT2D eigenvalue weighted by molar-refractivity contribution is 6.88. The van der Waals surface area contributed by atoms with Crippen molar-refractivity contribution in [3.63, 3.8) is 0 Å². The molecule has 0 atom stereocenters. The molecule has 290 valence electrons. The Morgan fingerprint density at radius 2 is 0.797 bits per heavy atom. The van der Waals surface area contributed by atoms with Crippen LogP contribution >= 0.6 is 0 Å². The van der Waals surface area contributed by atoms with Gasteiger partial charge in [0.05, 0.1) is 8.07 Å². The maximum atomic E-state index is 5.12. The number of hydrogen-bond acceptors (Lipinski definition) is 3. The molecule has 0 saturated carbocycles. The molecule has 1 aliphatic rings. The molecule has 1 aromatic heterocycles. The van der Waals surface area contributed by atoms with Crippen LogP contribution in [0.3, 0.4) is 0 Å². The lowest BCUT2D eigenvalue weighted by Crippen LogP contribution is -2.37. The van der Waals surface area contributed by atoms with E-state index in [2.05, 4.69) is 218 Å². The van der Waals surface area contributed by atoms with Crippen LogP contribution in [0.2, 0.25) is 19.6 Å². The first-order valence-corrected chi connectivity index (χ1v) is 24.3. The zero-order valence-corrected chi connectivity index (χ0v) is 36.4. The van der Waals surface area contributed by atoms with Crippen molar-refractivity contribution in [3.8, 4) is 78.7 Å². The standard InChI is InChI=1S/C55H51N3Si/c1-54(2,3)45-27-22-36(23-28-45)51-56-52(37-24-29-46(30-25-37)59(6,7)8)58-53(57-51)44-19-13-18-42(34-44)40-16-11-14-38(32-40)39-15-12-17-41(33-39)43-26-31-48-47-20-9-10-21-49(47)55(4,5)50(48)35-43/h9-35H,1-8H3.